The van der Waals surface area contributed by atoms with E-state index in [0.717, 1.165) is 36.9 Å². The van der Waals surface area contributed by atoms with Gasteiger partial charge in [-0.2, -0.15) is 4.39 Å². The van der Waals surface area contributed by atoms with Crippen LogP contribution in [0.15, 0.2) is 28.7 Å². The van der Waals surface area contributed by atoms with Gasteiger partial charge in [0.1, 0.15) is 18.1 Å². The molecule has 0 aliphatic rings. The van der Waals surface area contributed by atoms with Crippen LogP contribution in [0.1, 0.15) is 30.4 Å². The Labute approximate surface area is 122 Å². The van der Waals surface area contributed by atoms with Gasteiger partial charge in [0.05, 0.1) is 0 Å². The molecule has 0 saturated heterocycles. The van der Waals surface area contributed by atoms with E-state index in [1.54, 1.807) is 0 Å². The minimum atomic E-state index is -0.981. The van der Waals surface area contributed by atoms with Crippen LogP contribution in [0.5, 0.6) is 5.75 Å². The van der Waals surface area contributed by atoms with Crippen molar-refractivity contribution in [1.82, 2.24) is 5.32 Å². The fourth-order valence-electron chi connectivity index (χ4n) is 1.98. The lowest BCUT2D eigenvalue weighted by atomic mass is 10.2. The molecule has 0 saturated carbocycles. The number of benzene rings is 1. The summed E-state index contributed by atoms with van der Waals surface area (Å²) >= 11 is 0. The van der Waals surface area contributed by atoms with Crippen molar-refractivity contribution in [3.8, 4) is 5.75 Å². The number of hydrogen-bond donors (Lipinski definition) is 1. The first-order chi connectivity index (χ1) is 10.1. The van der Waals surface area contributed by atoms with E-state index in [4.69, 9.17) is 9.15 Å². The van der Waals surface area contributed by atoms with E-state index in [1.807, 2.05) is 13.0 Å². The lowest BCUT2D eigenvalue weighted by Crippen LogP contribution is -2.13. The van der Waals surface area contributed by atoms with Crippen LogP contribution in [0.2, 0.25) is 0 Å². The van der Waals surface area contributed by atoms with Crippen LogP contribution in [-0.4, -0.2) is 6.54 Å². The van der Waals surface area contributed by atoms with Gasteiger partial charge >= 0.3 is 0 Å². The highest BCUT2D eigenvalue weighted by Crippen LogP contribution is 2.22. The fourth-order valence-corrected chi connectivity index (χ4v) is 1.98. The van der Waals surface area contributed by atoms with Crippen molar-refractivity contribution in [2.45, 2.75) is 33.4 Å². The minimum absolute atomic E-state index is 0.0645. The van der Waals surface area contributed by atoms with Crippen molar-refractivity contribution < 1.29 is 17.9 Å². The lowest BCUT2D eigenvalue weighted by molar-refractivity contribution is 0.252. The molecule has 0 bridgehead atoms. The normalized spacial score (nSPS) is 10.9. The Morgan fingerprint density at radius 2 is 2.10 bits per heavy atom. The third-order valence-electron chi connectivity index (χ3n) is 3.10. The van der Waals surface area contributed by atoms with Gasteiger partial charge in [-0.3, -0.25) is 0 Å². The van der Waals surface area contributed by atoms with Gasteiger partial charge < -0.3 is 14.5 Å². The Hall–Kier alpha value is -1.88. The fraction of sp³-hybridized carbons (Fsp3) is 0.375. The van der Waals surface area contributed by atoms with Gasteiger partial charge in [0.2, 0.25) is 5.82 Å². The van der Waals surface area contributed by atoms with Crippen LogP contribution in [0.4, 0.5) is 8.78 Å². The molecular formula is C16H19F2NO2. The van der Waals surface area contributed by atoms with E-state index in [2.05, 4.69) is 12.2 Å². The van der Waals surface area contributed by atoms with Crippen molar-refractivity contribution in [1.29, 1.82) is 0 Å². The summed E-state index contributed by atoms with van der Waals surface area (Å²) in [5, 5.41) is 3.29. The summed E-state index contributed by atoms with van der Waals surface area (Å²) in [7, 11) is 0. The summed E-state index contributed by atoms with van der Waals surface area (Å²) in [4.78, 5) is 0. The van der Waals surface area contributed by atoms with Crippen LogP contribution < -0.4 is 10.1 Å². The van der Waals surface area contributed by atoms with Crippen molar-refractivity contribution >= 4 is 0 Å². The summed E-state index contributed by atoms with van der Waals surface area (Å²) in [6, 6.07) is 5.71. The number of aryl methyl sites for hydroxylation is 1. The largest absolute Gasteiger partial charge is 0.482 e. The average molecular weight is 295 g/mol. The summed E-state index contributed by atoms with van der Waals surface area (Å²) in [5.74, 6) is -0.630. The van der Waals surface area contributed by atoms with Crippen molar-refractivity contribution in [2.24, 2.45) is 0 Å². The zero-order valence-electron chi connectivity index (χ0n) is 12.2. The number of ether oxygens (including phenoxy) is 1. The Bertz CT molecular complexity index is 596. The quantitative estimate of drug-likeness (QED) is 0.786. The Morgan fingerprint density at radius 1 is 1.29 bits per heavy atom. The van der Waals surface area contributed by atoms with Crippen molar-refractivity contribution in [3.63, 3.8) is 0 Å². The first-order valence-electron chi connectivity index (χ1n) is 6.97. The zero-order valence-corrected chi connectivity index (χ0v) is 12.2. The molecular weight excluding hydrogens is 276 g/mol. The van der Waals surface area contributed by atoms with E-state index in [-0.39, 0.29) is 12.4 Å². The van der Waals surface area contributed by atoms with Crippen LogP contribution in [0.3, 0.4) is 0 Å². The van der Waals surface area contributed by atoms with E-state index >= 15 is 0 Å². The Morgan fingerprint density at radius 3 is 2.86 bits per heavy atom. The maximum absolute atomic E-state index is 13.5. The second kappa shape index (κ2) is 7.22. The van der Waals surface area contributed by atoms with Crippen molar-refractivity contribution in [2.75, 3.05) is 6.54 Å². The molecule has 0 aliphatic carbocycles. The number of hydrogen-bond acceptors (Lipinski definition) is 3. The molecule has 114 valence electrons. The van der Waals surface area contributed by atoms with Gasteiger partial charge in [0, 0.05) is 12.1 Å². The second-order valence-corrected chi connectivity index (χ2v) is 4.81. The number of rotatable bonds is 7. The highest BCUT2D eigenvalue weighted by molar-refractivity contribution is 5.26. The van der Waals surface area contributed by atoms with E-state index in [1.165, 1.54) is 12.1 Å². The molecule has 0 unspecified atom stereocenters. The van der Waals surface area contributed by atoms with Gasteiger partial charge in [-0.05, 0) is 38.1 Å². The Kier molecular flexibility index (Phi) is 5.33. The molecule has 0 amide bonds. The standard InChI is InChI=1S/C16H19F2NO2/c1-3-7-19-9-12-8-13(21-11(12)2)10-20-15-6-4-5-14(17)16(15)18/h4-6,8,19H,3,7,9-10H2,1-2H3. The zero-order chi connectivity index (χ0) is 15.2. The molecule has 2 rings (SSSR count). The van der Waals surface area contributed by atoms with Crippen LogP contribution >= 0.6 is 0 Å². The first kappa shape index (κ1) is 15.5. The maximum Gasteiger partial charge on any atom is 0.200 e. The van der Waals surface area contributed by atoms with Gasteiger partial charge in [-0.1, -0.05) is 13.0 Å². The SMILES string of the molecule is CCCNCc1cc(COc2cccc(F)c2F)oc1C. The van der Waals surface area contributed by atoms with E-state index in [0.29, 0.717) is 5.76 Å². The monoisotopic (exact) mass is 295 g/mol. The third kappa shape index (κ3) is 4.04. The maximum atomic E-state index is 13.5. The number of furan rings is 1. The molecule has 0 fully saturated rings. The van der Waals surface area contributed by atoms with E-state index in [9.17, 15) is 8.78 Å². The molecule has 0 spiro atoms. The van der Waals surface area contributed by atoms with Crippen LogP contribution in [0.25, 0.3) is 0 Å². The summed E-state index contributed by atoms with van der Waals surface area (Å²) in [6.45, 7) is 5.69. The molecule has 2 aromatic rings. The highest BCUT2D eigenvalue weighted by Gasteiger charge is 2.11. The summed E-state index contributed by atoms with van der Waals surface area (Å²) in [6.07, 6.45) is 1.06. The van der Waals surface area contributed by atoms with Gasteiger partial charge in [0.25, 0.3) is 0 Å². The molecule has 21 heavy (non-hydrogen) atoms. The van der Waals surface area contributed by atoms with Crippen molar-refractivity contribution in [3.05, 3.63) is 53.0 Å². The van der Waals surface area contributed by atoms with Gasteiger partial charge in [-0.25, -0.2) is 4.39 Å². The van der Waals surface area contributed by atoms with E-state index < -0.39 is 11.6 Å². The Balaban J connectivity index is 1.97. The molecule has 1 N–H and O–H groups in total. The predicted molar refractivity (Wildman–Crippen MR) is 76.1 cm³/mol. The van der Waals surface area contributed by atoms with Gasteiger partial charge in [-0.15, -0.1) is 0 Å². The molecule has 3 nitrogen and oxygen atoms in total. The highest BCUT2D eigenvalue weighted by atomic mass is 19.2. The predicted octanol–water partition coefficient (Wildman–Crippen LogP) is 3.94. The molecule has 1 aromatic heterocycles. The molecule has 0 aliphatic heterocycles. The van der Waals surface area contributed by atoms with Crippen LogP contribution in [-0.2, 0) is 13.2 Å². The molecule has 0 atom stereocenters. The molecule has 1 aromatic carbocycles. The minimum Gasteiger partial charge on any atom is -0.482 e. The topological polar surface area (TPSA) is 34.4 Å². The number of halogens is 2. The average Bonchev–Trinajstić information content (AvgIpc) is 2.81. The van der Waals surface area contributed by atoms with Crippen LogP contribution in [0, 0.1) is 18.6 Å². The summed E-state index contributed by atoms with van der Waals surface area (Å²) < 4.78 is 37.3. The third-order valence-corrected chi connectivity index (χ3v) is 3.10. The molecule has 5 heteroatoms. The molecule has 0 radical (unpaired) electrons. The first-order valence-corrected chi connectivity index (χ1v) is 6.97. The lowest BCUT2D eigenvalue weighted by Gasteiger charge is -2.05. The summed E-state index contributed by atoms with van der Waals surface area (Å²) in [5.41, 5.74) is 1.04. The molecule has 1 heterocycles. The smallest absolute Gasteiger partial charge is 0.200 e. The number of nitrogens with one attached hydrogen (secondary N) is 1. The van der Waals surface area contributed by atoms with Gasteiger partial charge in [0.15, 0.2) is 11.6 Å². The second-order valence-electron chi connectivity index (χ2n) is 4.81.